The summed E-state index contributed by atoms with van der Waals surface area (Å²) in [6.45, 7) is 6.82. The monoisotopic (exact) mass is 559 g/mol. The predicted molar refractivity (Wildman–Crippen MR) is 155 cm³/mol. The number of benzene rings is 3. The highest BCUT2D eigenvalue weighted by atomic mass is 16.7. The van der Waals surface area contributed by atoms with Crippen LogP contribution in [-0.2, 0) is 43.5 Å². The van der Waals surface area contributed by atoms with Crippen molar-refractivity contribution in [1.82, 2.24) is 0 Å². The maximum Gasteiger partial charge on any atom is 0.170 e. The molecule has 4 rings (SSSR count). The van der Waals surface area contributed by atoms with E-state index in [4.69, 9.17) is 28.4 Å². The van der Waals surface area contributed by atoms with Gasteiger partial charge in [-0.15, -0.1) is 6.58 Å². The zero-order valence-corrected chi connectivity index (χ0v) is 23.5. The van der Waals surface area contributed by atoms with Gasteiger partial charge in [0.25, 0.3) is 0 Å². The van der Waals surface area contributed by atoms with Gasteiger partial charge in [-0.1, -0.05) is 84.0 Å². The molecule has 3 aromatic carbocycles. The fourth-order valence-electron chi connectivity index (χ4n) is 4.53. The van der Waals surface area contributed by atoms with Crippen molar-refractivity contribution in [3.63, 3.8) is 0 Å². The first kappa shape index (κ1) is 30.3. The first-order chi connectivity index (χ1) is 20.1. The van der Waals surface area contributed by atoms with E-state index in [0.29, 0.717) is 13.2 Å². The summed E-state index contributed by atoms with van der Waals surface area (Å²) in [5.74, 6) is 0.748. The molecule has 3 aromatic rings. The van der Waals surface area contributed by atoms with E-state index < -0.39 is 30.6 Å². The van der Waals surface area contributed by atoms with Gasteiger partial charge in [0.15, 0.2) is 6.29 Å². The third kappa shape index (κ3) is 8.90. The second kappa shape index (κ2) is 15.9. The lowest BCUT2D eigenvalue weighted by molar-refractivity contribution is -0.291. The normalized spacial score (nSPS) is 22.8. The molecule has 0 radical (unpaired) electrons. The Morgan fingerprint density at radius 1 is 0.878 bits per heavy atom. The number of methoxy groups -OCH3 is 1. The second-order valence-electron chi connectivity index (χ2n) is 9.70. The van der Waals surface area contributed by atoms with Crippen molar-refractivity contribution < 1.29 is 28.4 Å². The molecule has 1 heterocycles. The molecule has 9 nitrogen and oxygen atoms in total. The topological polar surface area (TPSA) is 104 Å². The molecule has 0 saturated carbocycles. The molecule has 0 aliphatic carbocycles. The van der Waals surface area contributed by atoms with Crippen LogP contribution in [0.15, 0.2) is 103 Å². The van der Waals surface area contributed by atoms with Gasteiger partial charge < -0.3 is 28.4 Å². The molecule has 0 spiro atoms. The summed E-state index contributed by atoms with van der Waals surface area (Å²) in [4.78, 5) is 3.11. The van der Waals surface area contributed by atoms with Gasteiger partial charge in [-0.05, 0) is 41.3 Å². The standard InChI is InChI=1S/C32H37N3O6/c1-4-23(2)40-32-29(34-35-33)31(39-21-26-15-17-27(36-3)18-16-26)30(38-20-25-13-9-6-10-14-25)28(41-32)22-37-19-24-11-7-5-8-12-24/h4-18,23,28-32H,1,19-22H2,2-3H3/t23?,28-,29-,30-,31-,32-/m1/s1. The summed E-state index contributed by atoms with van der Waals surface area (Å²) >= 11 is 0. The molecule has 41 heavy (non-hydrogen) atoms. The Morgan fingerprint density at radius 2 is 1.46 bits per heavy atom. The van der Waals surface area contributed by atoms with Gasteiger partial charge in [0.1, 0.15) is 30.1 Å². The van der Waals surface area contributed by atoms with Crippen LogP contribution in [0.1, 0.15) is 23.6 Å². The first-order valence-corrected chi connectivity index (χ1v) is 13.6. The molecule has 216 valence electrons. The number of rotatable bonds is 15. The molecular weight excluding hydrogens is 522 g/mol. The van der Waals surface area contributed by atoms with Crippen molar-refractivity contribution in [1.29, 1.82) is 0 Å². The molecular formula is C32H37N3O6. The maximum atomic E-state index is 9.51. The Labute approximate surface area is 241 Å². The molecule has 0 amide bonds. The highest BCUT2D eigenvalue weighted by Gasteiger charge is 2.48. The summed E-state index contributed by atoms with van der Waals surface area (Å²) < 4.78 is 36.8. The molecule has 1 fully saturated rings. The van der Waals surface area contributed by atoms with Crippen LogP contribution in [0.2, 0.25) is 0 Å². The highest BCUT2D eigenvalue weighted by molar-refractivity contribution is 5.26. The number of nitrogens with zero attached hydrogens (tertiary/aromatic N) is 3. The second-order valence-corrected chi connectivity index (χ2v) is 9.70. The van der Waals surface area contributed by atoms with E-state index in [1.54, 1.807) is 13.2 Å². The summed E-state index contributed by atoms with van der Waals surface area (Å²) in [6.07, 6.45) is -1.50. The molecule has 6 atom stereocenters. The number of hydrogen-bond acceptors (Lipinski definition) is 7. The average Bonchev–Trinajstić information content (AvgIpc) is 3.02. The van der Waals surface area contributed by atoms with E-state index in [2.05, 4.69) is 16.6 Å². The minimum atomic E-state index is -0.901. The molecule has 9 heteroatoms. The SMILES string of the molecule is C=CC(C)O[C@@H]1O[C@H](COCc2ccccc2)[C@@H](OCc2ccccc2)[C@H](OCc2ccc(OC)cc2)[C@H]1N=[N+]=[N-]. The summed E-state index contributed by atoms with van der Waals surface area (Å²) in [6, 6.07) is 26.5. The Morgan fingerprint density at radius 3 is 2.05 bits per heavy atom. The van der Waals surface area contributed by atoms with Crippen molar-refractivity contribution in [2.75, 3.05) is 13.7 Å². The Bertz CT molecular complexity index is 1240. The molecule has 1 aliphatic heterocycles. The van der Waals surface area contributed by atoms with Crippen LogP contribution in [0.3, 0.4) is 0 Å². The maximum absolute atomic E-state index is 9.51. The quantitative estimate of drug-likeness (QED) is 0.0927. The van der Waals surface area contributed by atoms with E-state index in [1.165, 1.54) is 0 Å². The molecule has 0 N–H and O–H groups in total. The fourth-order valence-corrected chi connectivity index (χ4v) is 4.53. The van der Waals surface area contributed by atoms with E-state index >= 15 is 0 Å². The average molecular weight is 560 g/mol. The van der Waals surface area contributed by atoms with E-state index in [-0.39, 0.29) is 19.3 Å². The minimum Gasteiger partial charge on any atom is -0.497 e. The third-order valence-electron chi connectivity index (χ3n) is 6.76. The fraction of sp³-hybridized carbons (Fsp3) is 0.375. The van der Waals surface area contributed by atoms with Crippen LogP contribution < -0.4 is 4.74 Å². The van der Waals surface area contributed by atoms with Crippen LogP contribution in [-0.4, -0.2) is 50.5 Å². The van der Waals surface area contributed by atoms with Gasteiger partial charge in [-0.2, -0.15) is 0 Å². The van der Waals surface area contributed by atoms with E-state index in [0.717, 1.165) is 22.4 Å². The Hall–Kier alpha value is -3.69. The van der Waals surface area contributed by atoms with Gasteiger partial charge in [-0.3, -0.25) is 0 Å². The van der Waals surface area contributed by atoms with Crippen LogP contribution in [0.5, 0.6) is 5.75 Å². The summed E-state index contributed by atoms with van der Waals surface area (Å²) in [5, 5.41) is 4.07. The number of hydrogen-bond donors (Lipinski definition) is 0. The van der Waals surface area contributed by atoms with Crippen molar-refractivity contribution in [3.8, 4) is 5.75 Å². The van der Waals surface area contributed by atoms with Gasteiger partial charge in [0.2, 0.25) is 0 Å². The van der Waals surface area contributed by atoms with Crippen LogP contribution in [0, 0.1) is 0 Å². The van der Waals surface area contributed by atoms with Crippen LogP contribution in [0.25, 0.3) is 10.4 Å². The predicted octanol–water partition coefficient (Wildman–Crippen LogP) is 6.38. The molecule has 1 unspecified atom stereocenters. The first-order valence-electron chi connectivity index (χ1n) is 13.6. The van der Waals surface area contributed by atoms with Gasteiger partial charge in [0.05, 0.1) is 39.6 Å². The van der Waals surface area contributed by atoms with Gasteiger partial charge in [-0.25, -0.2) is 0 Å². The molecule has 1 aliphatic rings. The lowest BCUT2D eigenvalue weighted by Gasteiger charge is -2.45. The largest absolute Gasteiger partial charge is 0.497 e. The number of azide groups is 1. The summed E-state index contributed by atoms with van der Waals surface area (Å²) in [5.41, 5.74) is 12.5. The van der Waals surface area contributed by atoms with Crippen LogP contribution in [0.4, 0.5) is 0 Å². The van der Waals surface area contributed by atoms with E-state index in [9.17, 15) is 5.53 Å². The lowest BCUT2D eigenvalue weighted by Crippen LogP contribution is -2.60. The Balaban J connectivity index is 1.60. The molecule has 1 saturated heterocycles. The summed E-state index contributed by atoms with van der Waals surface area (Å²) in [7, 11) is 1.62. The van der Waals surface area contributed by atoms with Gasteiger partial charge >= 0.3 is 0 Å². The highest BCUT2D eigenvalue weighted by Crippen LogP contribution is 2.32. The minimum absolute atomic E-state index is 0.210. The third-order valence-corrected chi connectivity index (χ3v) is 6.76. The molecule has 0 aromatic heterocycles. The zero-order chi connectivity index (χ0) is 28.9. The zero-order valence-electron chi connectivity index (χ0n) is 23.5. The van der Waals surface area contributed by atoms with Crippen molar-refractivity contribution >= 4 is 0 Å². The van der Waals surface area contributed by atoms with Crippen molar-refractivity contribution in [2.45, 2.75) is 63.5 Å². The van der Waals surface area contributed by atoms with Crippen LogP contribution >= 0.6 is 0 Å². The van der Waals surface area contributed by atoms with E-state index in [1.807, 2.05) is 91.9 Å². The van der Waals surface area contributed by atoms with Crippen molar-refractivity contribution in [3.05, 3.63) is 125 Å². The van der Waals surface area contributed by atoms with Gasteiger partial charge in [0, 0.05) is 4.91 Å². The lowest BCUT2D eigenvalue weighted by atomic mass is 9.96. The number of ether oxygens (including phenoxy) is 6. The smallest absolute Gasteiger partial charge is 0.170 e. The molecule has 0 bridgehead atoms. The Kier molecular flexibility index (Phi) is 11.8. The van der Waals surface area contributed by atoms with Crippen molar-refractivity contribution in [2.24, 2.45) is 5.11 Å².